The molecular weight excluding hydrogens is 234 g/mol. The highest BCUT2D eigenvalue weighted by atomic mass is 32.1. The van der Waals surface area contributed by atoms with E-state index >= 15 is 0 Å². The smallest absolute Gasteiger partial charge is 0.235 e. The number of thiocarbonyl (C=S) groups is 1. The molecule has 17 heavy (non-hydrogen) atoms. The normalized spacial score (nSPS) is 25.8. The predicted octanol–water partition coefficient (Wildman–Crippen LogP) is 0.605. The molecule has 1 amide bonds. The van der Waals surface area contributed by atoms with Crippen molar-refractivity contribution in [2.24, 2.45) is 11.1 Å². The van der Waals surface area contributed by atoms with E-state index in [-0.39, 0.29) is 10.9 Å². The first kappa shape index (κ1) is 12.8. The van der Waals surface area contributed by atoms with Crippen LogP contribution in [-0.2, 0) is 4.79 Å². The third-order valence-electron chi connectivity index (χ3n) is 4.03. The second-order valence-corrected chi connectivity index (χ2v) is 6.01. The number of piperazine rings is 1. The van der Waals surface area contributed by atoms with E-state index in [1.165, 1.54) is 19.4 Å². The summed E-state index contributed by atoms with van der Waals surface area (Å²) in [7, 11) is 0. The zero-order valence-electron chi connectivity index (χ0n) is 10.6. The molecule has 2 N–H and O–H groups in total. The highest BCUT2D eigenvalue weighted by Crippen LogP contribution is 2.25. The average molecular weight is 255 g/mol. The topological polar surface area (TPSA) is 49.6 Å². The fraction of sp³-hybridized carbons (Fsp3) is 0.833. The average Bonchev–Trinajstić information content (AvgIpc) is 2.74. The second-order valence-electron chi connectivity index (χ2n) is 5.57. The molecule has 2 saturated heterocycles. The van der Waals surface area contributed by atoms with Crippen molar-refractivity contribution in [1.82, 2.24) is 9.80 Å². The number of nitrogens with two attached hydrogens (primary N) is 1. The van der Waals surface area contributed by atoms with Crippen molar-refractivity contribution in [1.29, 1.82) is 0 Å². The van der Waals surface area contributed by atoms with Crippen molar-refractivity contribution in [2.45, 2.75) is 32.7 Å². The van der Waals surface area contributed by atoms with Crippen LogP contribution in [0.1, 0.15) is 26.7 Å². The van der Waals surface area contributed by atoms with Crippen molar-refractivity contribution >= 4 is 23.1 Å². The lowest BCUT2D eigenvalue weighted by Gasteiger charge is -2.40. The standard InChI is InChI=1S/C12H21N3OS/c1-12(2,10(13)17)11(16)15-7-6-14-5-3-4-9(14)8-15/h9H,3-8H2,1-2H3,(H2,13,17). The Balaban J connectivity index is 2.04. The van der Waals surface area contributed by atoms with Gasteiger partial charge in [0.1, 0.15) is 0 Å². The van der Waals surface area contributed by atoms with Gasteiger partial charge >= 0.3 is 0 Å². The molecule has 0 bridgehead atoms. The number of carbonyl (C=O) groups is 1. The first-order valence-corrected chi connectivity index (χ1v) is 6.67. The van der Waals surface area contributed by atoms with Crippen LogP contribution in [0, 0.1) is 5.41 Å². The van der Waals surface area contributed by atoms with E-state index in [0.29, 0.717) is 6.04 Å². The zero-order valence-corrected chi connectivity index (χ0v) is 11.4. The van der Waals surface area contributed by atoms with Gasteiger partial charge in [0.2, 0.25) is 5.91 Å². The van der Waals surface area contributed by atoms with E-state index in [0.717, 1.165) is 19.6 Å². The molecule has 4 nitrogen and oxygen atoms in total. The van der Waals surface area contributed by atoms with Crippen molar-refractivity contribution in [3.63, 3.8) is 0 Å². The summed E-state index contributed by atoms with van der Waals surface area (Å²) < 4.78 is 0. The molecule has 2 aliphatic heterocycles. The molecule has 0 aliphatic carbocycles. The fourth-order valence-corrected chi connectivity index (χ4v) is 2.76. The third kappa shape index (κ3) is 2.31. The monoisotopic (exact) mass is 255 g/mol. The molecule has 0 radical (unpaired) electrons. The Morgan fingerprint density at radius 2 is 2.06 bits per heavy atom. The minimum atomic E-state index is -0.712. The molecule has 0 aromatic rings. The van der Waals surface area contributed by atoms with Crippen LogP contribution in [0.4, 0.5) is 0 Å². The third-order valence-corrected chi connectivity index (χ3v) is 4.54. The largest absolute Gasteiger partial charge is 0.392 e. The van der Waals surface area contributed by atoms with Gasteiger partial charge in [0, 0.05) is 25.7 Å². The number of amides is 1. The summed E-state index contributed by atoms with van der Waals surface area (Å²) in [5.74, 6) is 0.0801. The van der Waals surface area contributed by atoms with E-state index < -0.39 is 5.41 Å². The van der Waals surface area contributed by atoms with Crippen LogP contribution in [0.5, 0.6) is 0 Å². The van der Waals surface area contributed by atoms with Gasteiger partial charge < -0.3 is 10.6 Å². The van der Waals surface area contributed by atoms with E-state index in [1.54, 1.807) is 0 Å². The molecule has 2 heterocycles. The maximum Gasteiger partial charge on any atom is 0.235 e. The van der Waals surface area contributed by atoms with Gasteiger partial charge in [-0.15, -0.1) is 0 Å². The molecule has 2 fully saturated rings. The minimum Gasteiger partial charge on any atom is -0.392 e. The summed E-state index contributed by atoms with van der Waals surface area (Å²) in [5.41, 5.74) is 4.95. The number of carbonyl (C=O) groups excluding carboxylic acids is 1. The Labute approximate surface area is 108 Å². The van der Waals surface area contributed by atoms with Gasteiger partial charge in [-0.25, -0.2) is 0 Å². The molecule has 0 aromatic carbocycles. The van der Waals surface area contributed by atoms with Gasteiger partial charge in [0.15, 0.2) is 0 Å². The first-order chi connectivity index (χ1) is 7.93. The zero-order chi connectivity index (χ0) is 12.6. The van der Waals surface area contributed by atoms with Crippen LogP contribution in [0.25, 0.3) is 0 Å². The maximum atomic E-state index is 12.4. The van der Waals surface area contributed by atoms with Crippen molar-refractivity contribution in [3.05, 3.63) is 0 Å². The molecule has 0 spiro atoms. The minimum absolute atomic E-state index is 0.0801. The number of rotatable bonds is 2. The van der Waals surface area contributed by atoms with Crippen LogP contribution >= 0.6 is 12.2 Å². The second kappa shape index (κ2) is 4.53. The highest BCUT2D eigenvalue weighted by Gasteiger charge is 2.39. The Kier molecular flexibility index (Phi) is 3.41. The summed E-state index contributed by atoms with van der Waals surface area (Å²) in [5, 5.41) is 0. The van der Waals surface area contributed by atoms with Gasteiger partial charge in [0.05, 0.1) is 10.4 Å². The summed E-state index contributed by atoms with van der Waals surface area (Å²) in [6, 6.07) is 0.551. The van der Waals surface area contributed by atoms with Gasteiger partial charge in [0.25, 0.3) is 0 Å². The van der Waals surface area contributed by atoms with Crippen LogP contribution in [0.3, 0.4) is 0 Å². The predicted molar refractivity (Wildman–Crippen MR) is 71.7 cm³/mol. The van der Waals surface area contributed by atoms with Crippen molar-refractivity contribution in [3.8, 4) is 0 Å². The quantitative estimate of drug-likeness (QED) is 0.734. The summed E-state index contributed by atoms with van der Waals surface area (Å²) in [4.78, 5) is 17.1. The summed E-state index contributed by atoms with van der Waals surface area (Å²) in [6.07, 6.45) is 2.46. The van der Waals surface area contributed by atoms with Gasteiger partial charge in [-0.05, 0) is 33.2 Å². The Morgan fingerprint density at radius 1 is 1.35 bits per heavy atom. The van der Waals surface area contributed by atoms with Gasteiger partial charge in [-0.3, -0.25) is 9.69 Å². The van der Waals surface area contributed by atoms with Crippen LogP contribution in [0.2, 0.25) is 0 Å². The fourth-order valence-electron chi connectivity index (χ4n) is 2.68. The van der Waals surface area contributed by atoms with Crippen molar-refractivity contribution in [2.75, 3.05) is 26.2 Å². The Hall–Kier alpha value is -0.680. The molecule has 2 aliphatic rings. The van der Waals surface area contributed by atoms with Crippen LogP contribution < -0.4 is 5.73 Å². The number of nitrogens with zero attached hydrogens (tertiary/aromatic N) is 2. The molecule has 0 aromatic heterocycles. The first-order valence-electron chi connectivity index (χ1n) is 6.26. The van der Waals surface area contributed by atoms with E-state index in [1.807, 2.05) is 18.7 Å². The molecule has 96 valence electrons. The number of hydrogen-bond acceptors (Lipinski definition) is 3. The SMILES string of the molecule is CC(C)(C(=O)N1CCN2CCCC2C1)C(N)=S. The van der Waals surface area contributed by atoms with E-state index in [4.69, 9.17) is 18.0 Å². The van der Waals surface area contributed by atoms with Gasteiger partial charge in [-0.2, -0.15) is 0 Å². The molecular formula is C12H21N3OS. The summed E-state index contributed by atoms with van der Waals surface area (Å²) >= 11 is 4.99. The Morgan fingerprint density at radius 3 is 2.71 bits per heavy atom. The lowest BCUT2D eigenvalue weighted by molar-refractivity contribution is -0.139. The van der Waals surface area contributed by atoms with Crippen LogP contribution in [0.15, 0.2) is 0 Å². The van der Waals surface area contributed by atoms with Crippen LogP contribution in [-0.4, -0.2) is 52.9 Å². The molecule has 5 heteroatoms. The van der Waals surface area contributed by atoms with E-state index in [2.05, 4.69) is 4.90 Å². The highest BCUT2D eigenvalue weighted by molar-refractivity contribution is 7.80. The number of hydrogen-bond donors (Lipinski definition) is 1. The summed E-state index contributed by atoms with van der Waals surface area (Å²) in [6.45, 7) is 7.46. The molecule has 1 unspecified atom stereocenters. The molecule has 0 saturated carbocycles. The molecule has 2 rings (SSSR count). The molecule has 1 atom stereocenters. The Bertz CT molecular complexity index is 343. The van der Waals surface area contributed by atoms with E-state index in [9.17, 15) is 4.79 Å². The van der Waals surface area contributed by atoms with Crippen molar-refractivity contribution < 1.29 is 4.79 Å². The van der Waals surface area contributed by atoms with Gasteiger partial charge in [-0.1, -0.05) is 12.2 Å². The lowest BCUT2D eigenvalue weighted by Crippen LogP contribution is -2.56. The number of fused-ring (bicyclic) bond motifs is 1. The maximum absolute atomic E-state index is 12.4. The lowest BCUT2D eigenvalue weighted by atomic mass is 9.91.